The zero-order chi connectivity index (χ0) is 17.0. The highest BCUT2D eigenvalue weighted by molar-refractivity contribution is 6.37. The van der Waals surface area contributed by atoms with E-state index in [9.17, 15) is 4.79 Å². The molecule has 0 aliphatic heterocycles. The number of aromatic carboxylic acids is 1. The molecular formula is C17H17Cl2NO3. The molecule has 6 heteroatoms. The van der Waals surface area contributed by atoms with E-state index in [0.29, 0.717) is 28.9 Å². The molecule has 2 N–H and O–H groups in total. The van der Waals surface area contributed by atoms with Gasteiger partial charge in [-0.05, 0) is 49.2 Å². The normalized spacial score (nSPS) is 10.4. The van der Waals surface area contributed by atoms with Crippen LogP contribution in [0, 0.1) is 6.92 Å². The van der Waals surface area contributed by atoms with E-state index in [2.05, 4.69) is 5.32 Å². The lowest BCUT2D eigenvalue weighted by molar-refractivity contribution is 0.0697. The molecule has 2 aromatic rings. The summed E-state index contributed by atoms with van der Waals surface area (Å²) >= 11 is 12.4. The van der Waals surface area contributed by atoms with Crippen molar-refractivity contribution in [2.45, 2.75) is 20.4 Å². The number of rotatable bonds is 6. The van der Waals surface area contributed by atoms with Crippen LogP contribution in [0.15, 0.2) is 30.3 Å². The number of benzene rings is 2. The van der Waals surface area contributed by atoms with E-state index in [1.54, 1.807) is 30.3 Å². The van der Waals surface area contributed by atoms with Gasteiger partial charge in [0, 0.05) is 12.2 Å². The Bertz CT molecular complexity index is 709. The largest absolute Gasteiger partial charge is 0.491 e. The van der Waals surface area contributed by atoms with Crippen LogP contribution < -0.4 is 10.1 Å². The Morgan fingerprint density at radius 3 is 2.43 bits per heavy atom. The van der Waals surface area contributed by atoms with Gasteiger partial charge in [0.25, 0.3) is 0 Å². The third-order valence-corrected chi connectivity index (χ3v) is 3.88. The molecule has 4 nitrogen and oxygen atoms in total. The summed E-state index contributed by atoms with van der Waals surface area (Å²) in [5.41, 5.74) is 2.83. The lowest BCUT2D eigenvalue weighted by Gasteiger charge is -2.13. The molecule has 0 fully saturated rings. The second-order valence-corrected chi connectivity index (χ2v) is 5.82. The van der Waals surface area contributed by atoms with Crippen molar-refractivity contribution in [1.29, 1.82) is 0 Å². The maximum atomic E-state index is 11.1. The van der Waals surface area contributed by atoms with Gasteiger partial charge < -0.3 is 15.2 Å². The van der Waals surface area contributed by atoms with Crippen LogP contribution in [0.3, 0.4) is 0 Å². The summed E-state index contributed by atoms with van der Waals surface area (Å²) in [6.07, 6.45) is 0. The Balaban J connectivity index is 2.18. The third-order valence-electron chi connectivity index (χ3n) is 3.31. The number of carboxylic acid groups (broad SMARTS) is 1. The minimum atomic E-state index is -0.958. The minimum absolute atomic E-state index is 0.237. The number of aryl methyl sites for hydroxylation is 1. The number of hydrogen-bond acceptors (Lipinski definition) is 3. The van der Waals surface area contributed by atoms with Crippen molar-refractivity contribution >= 4 is 34.9 Å². The third kappa shape index (κ3) is 4.30. The highest BCUT2D eigenvalue weighted by Gasteiger charge is 2.10. The van der Waals surface area contributed by atoms with E-state index >= 15 is 0 Å². The van der Waals surface area contributed by atoms with Crippen molar-refractivity contribution in [1.82, 2.24) is 0 Å². The predicted octanol–water partition coefficient (Wildman–Crippen LogP) is 5.01. The topological polar surface area (TPSA) is 58.6 Å². The van der Waals surface area contributed by atoms with Crippen molar-refractivity contribution in [2.24, 2.45) is 0 Å². The summed E-state index contributed by atoms with van der Waals surface area (Å²) < 4.78 is 5.40. The van der Waals surface area contributed by atoms with Gasteiger partial charge in [-0.1, -0.05) is 29.3 Å². The zero-order valence-electron chi connectivity index (χ0n) is 12.8. The van der Waals surface area contributed by atoms with Gasteiger partial charge in [0.15, 0.2) is 5.75 Å². The fourth-order valence-corrected chi connectivity index (χ4v) is 2.78. The standard InChI is InChI=1S/C17H17Cl2NO3/c1-3-23-16-13(18)6-11(7-14(16)19)9-20-15-8-12(17(21)22)5-4-10(15)2/h4-8,20H,3,9H2,1-2H3,(H,21,22). The Kier molecular flexibility index (Phi) is 5.74. The van der Waals surface area contributed by atoms with Gasteiger partial charge in [-0.3, -0.25) is 0 Å². The molecule has 122 valence electrons. The Morgan fingerprint density at radius 1 is 1.22 bits per heavy atom. The number of ether oxygens (including phenoxy) is 1. The van der Waals surface area contributed by atoms with Gasteiger partial charge >= 0.3 is 5.97 Å². The summed E-state index contributed by atoms with van der Waals surface area (Å²) in [6, 6.07) is 8.51. The second-order valence-electron chi connectivity index (χ2n) is 5.01. The number of halogens is 2. The van der Waals surface area contributed by atoms with E-state index in [0.717, 1.165) is 16.8 Å². The first-order valence-electron chi connectivity index (χ1n) is 7.11. The summed E-state index contributed by atoms with van der Waals surface area (Å²) in [4.78, 5) is 11.1. The molecular weight excluding hydrogens is 337 g/mol. The average molecular weight is 354 g/mol. The number of hydrogen-bond donors (Lipinski definition) is 2. The highest BCUT2D eigenvalue weighted by Crippen LogP contribution is 2.34. The van der Waals surface area contributed by atoms with Gasteiger partial charge in [-0.15, -0.1) is 0 Å². The maximum Gasteiger partial charge on any atom is 0.335 e. The van der Waals surface area contributed by atoms with Gasteiger partial charge in [0.1, 0.15) is 0 Å². The Hall–Kier alpha value is -1.91. The van der Waals surface area contributed by atoms with Crippen molar-refractivity contribution < 1.29 is 14.6 Å². The van der Waals surface area contributed by atoms with Crippen LogP contribution in [0.4, 0.5) is 5.69 Å². The van der Waals surface area contributed by atoms with E-state index in [4.69, 9.17) is 33.0 Å². The Morgan fingerprint density at radius 2 is 1.87 bits per heavy atom. The quantitative estimate of drug-likeness (QED) is 0.766. The smallest absolute Gasteiger partial charge is 0.335 e. The monoisotopic (exact) mass is 353 g/mol. The fourth-order valence-electron chi connectivity index (χ4n) is 2.14. The highest BCUT2D eigenvalue weighted by atomic mass is 35.5. The van der Waals surface area contributed by atoms with Gasteiger partial charge in [-0.25, -0.2) is 4.79 Å². The molecule has 0 aliphatic carbocycles. The maximum absolute atomic E-state index is 11.1. The van der Waals surface area contributed by atoms with Crippen LogP contribution in [-0.2, 0) is 6.54 Å². The number of anilines is 1. The van der Waals surface area contributed by atoms with Crippen LogP contribution >= 0.6 is 23.2 Å². The molecule has 0 heterocycles. The predicted molar refractivity (Wildman–Crippen MR) is 93.1 cm³/mol. The van der Waals surface area contributed by atoms with Crippen molar-refractivity contribution in [3.05, 3.63) is 57.1 Å². The first-order chi connectivity index (χ1) is 10.9. The van der Waals surface area contributed by atoms with Crippen LogP contribution in [0.2, 0.25) is 10.0 Å². The first-order valence-corrected chi connectivity index (χ1v) is 7.86. The molecule has 0 saturated carbocycles. The first kappa shape index (κ1) is 17.4. The molecule has 23 heavy (non-hydrogen) atoms. The van der Waals surface area contributed by atoms with E-state index in [-0.39, 0.29) is 5.56 Å². The van der Waals surface area contributed by atoms with E-state index in [1.165, 1.54) is 0 Å². The summed E-state index contributed by atoms with van der Waals surface area (Å²) in [6.45, 7) is 4.72. The van der Waals surface area contributed by atoms with Gasteiger partial charge in [-0.2, -0.15) is 0 Å². The van der Waals surface area contributed by atoms with Crippen molar-refractivity contribution in [3.8, 4) is 5.75 Å². The lowest BCUT2D eigenvalue weighted by Crippen LogP contribution is -2.04. The van der Waals surface area contributed by atoms with Gasteiger partial charge in [0.2, 0.25) is 0 Å². The molecule has 0 spiro atoms. The van der Waals surface area contributed by atoms with E-state index in [1.807, 2.05) is 13.8 Å². The molecule has 0 atom stereocenters. The molecule has 0 aliphatic rings. The van der Waals surface area contributed by atoms with E-state index < -0.39 is 5.97 Å². The van der Waals surface area contributed by atoms with Crippen molar-refractivity contribution in [3.63, 3.8) is 0 Å². The summed E-state index contributed by atoms with van der Waals surface area (Å²) in [5.74, 6) is -0.483. The fraction of sp³-hybridized carbons (Fsp3) is 0.235. The minimum Gasteiger partial charge on any atom is -0.491 e. The molecule has 0 unspecified atom stereocenters. The second kappa shape index (κ2) is 7.57. The lowest BCUT2D eigenvalue weighted by atomic mass is 10.1. The zero-order valence-corrected chi connectivity index (χ0v) is 14.3. The molecule has 2 aromatic carbocycles. The van der Waals surface area contributed by atoms with Crippen molar-refractivity contribution in [2.75, 3.05) is 11.9 Å². The molecule has 0 bridgehead atoms. The van der Waals surface area contributed by atoms with Crippen LogP contribution in [0.5, 0.6) is 5.75 Å². The van der Waals surface area contributed by atoms with Crippen LogP contribution in [-0.4, -0.2) is 17.7 Å². The summed E-state index contributed by atoms with van der Waals surface area (Å²) in [5, 5.41) is 13.2. The molecule has 2 rings (SSSR count). The Labute approximate surface area is 145 Å². The number of carbonyl (C=O) groups is 1. The molecule has 0 radical (unpaired) electrons. The molecule has 0 saturated heterocycles. The summed E-state index contributed by atoms with van der Waals surface area (Å²) in [7, 11) is 0. The molecule has 0 amide bonds. The average Bonchev–Trinajstić information content (AvgIpc) is 2.50. The van der Waals surface area contributed by atoms with Gasteiger partial charge in [0.05, 0.1) is 22.2 Å². The van der Waals surface area contributed by atoms with Crippen LogP contribution in [0.25, 0.3) is 0 Å². The SMILES string of the molecule is CCOc1c(Cl)cc(CNc2cc(C(=O)O)ccc2C)cc1Cl. The number of nitrogens with one attached hydrogen (secondary N) is 1. The number of carboxylic acids is 1. The van der Waals surface area contributed by atoms with Crippen LogP contribution in [0.1, 0.15) is 28.4 Å². The molecule has 0 aromatic heterocycles.